The molecule has 24 heavy (non-hydrogen) atoms. The zero-order chi connectivity index (χ0) is 16.9. The summed E-state index contributed by atoms with van der Waals surface area (Å²) in [5.74, 6) is 1.06. The van der Waals surface area contributed by atoms with Gasteiger partial charge in [0, 0.05) is 38.9 Å². The summed E-state index contributed by atoms with van der Waals surface area (Å²) in [5.41, 5.74) is 1.98. The van der Waals surface area contributed by atoms with E-state index in [0.717, 1.165) is 54.8 Å². The molecule has 1 aliphatic heterocycles. The number of H-pyrrole nitrogens is 1. The van der Waals surface area contributed by atoms with Gasteiger partial charge in [-0.25, -0.2) is 9.97 Å². The monoisotopic (exact) mass is 331 g/mol. The van der Waals surface area contributed by atoms with Crippen molar-refractivity contribution in [2.24, 2.45) is 0 Å². The van der Waals surface area contributed by atoms with Gasteiger partial charge in [-0.15, -0.1) is 0 Å². The number of methoxy groups -OCH3 is 1. The van der Waals surface area contributed by atoms with E-state index in [1.54, 1.807) is 13.4 Å². The average Bonchev–Trinajstić information content (AvgIpc) is 3.03. The van der Waals surface area contributed by atoms with Gasteiger partial charge in [0.2, 0.25) is 5.91 Å². The molecule has 0 radical (unpaired) electrons. The van der Waals surface area contributed by atoms with Crippen molar-refractivity contribution in [2.75, 3.05) is 32.1 Å². The molecule has 2 aromatic rings. The zero-order valence-corrected chi connectivity index (χ0v) is 14.3. The number of ether oxygens (including phenoxy) is 1. The number of carbonyl (C=O) groups excluding carboxylic acids is 1. The van der Waals surface area contributed by atoms with Crippen molar-refractivity contribution in [3.63, 3.8) is 0 Å². The normalized spacial score (nSPS) is 18.1. The van der Waals surface area contributed by atoms with Crippen LogP contribution in [0.1, 0.15) is 31.7 Å². The van der Waals surface area contributed by atoms with E-state index in [4.69, 9.17) is 4.74 Å². The van der Waals surface area contributed by atoms with Crippen LogP contribution in [0.15, 0.2) is 12.5 Å². The minimum absolute atomic E-state index is 0.219. The molecule has 3 rings (SSSR count). The summed E-state index contributed by atoms with van der Waals surface area (Å²) in [5, 5.41) is 4.55. The van der Waals surface area contributed by atoms with Crippen molar-refractivity contribution in [2.45, 2.75) is 38.6 Å². The minimum Gasteiger partial charge on any atom is -0.384 e. The summed E-state index contributed by atoms with van der Waals surface area (Å²) in [6.07, 6.45) is 6.96. The van der Waals surface area contributed by atoms with Gasteiger partial charge in [0.25, 0.3) is 0 Å². The summed E-state index contributed by atoms with van der Waals surface area (Å²) < 4.78 is 5.19. The number of fused-ring (bicyclic) bond motifs is 1. The van der Waals surface area contributed by atoms with Crippen LogP contribution >= 0.6 is 0 Å². The Labute approximate surface area is 141 Å². The van der Waals surface area contributed by atoms with Crippen molar-refractivity contribution in [1.82, 2.24) is 19.9 Å². The number of hydrogen-bond acceptors (Lipinski definition) is 5. The Morgan fingerprint density at radius 3 is 3.17 bits per heavy atom. The van der Waals surface area contributed by atoms with Crippen molar-refractivity contribution in [1.29, 1.82) is 0 Å². The van der Waals surface area contributed by atoms with Gasteiger partial charge in [-0.2, -0.15) is 0 Å². The van der Waals surface area contributed by atoms with E-state index in [2.05, 4.69) is 20.3 Å². The van der Waals surface area contributed by atoms with Gasteiger partial charge in [-0.1, -0.05) is 6.92 Å². The lowest BCUT2D eigenvalue weighted by atomic mass is 10.0. The number of nitrogens with one attached hydrogen (secondary N) is 2. The quantitative estimate of drug-likeness (QED) is 0.845. The Hall–Kier alpha value is -2.15. The topological polar surface area (TPSA) is 83.1 Å². The Morgan fingerprint density at radius 2 is 2.38 bits per heavy atom. The molecule has 0 aliphatic carbocycles. The van der Waals surface area contributed by atoms with Crippen LogP contribution in [0.3, 0.4) is 0 Å². The number of rotatable bonds is 6. The first kappa shape index (κ1) is 16.7. The Morgan fingerprint density at radius 1 is 1.50 bits per heavy atom. The molecule has 0 aromatic carbocycles. The van der Waals surface area contributed by atoms with E-state index in [0.29, 0.717) is 13.0 Å². The van der Waals surface area contributed by atoms with Crippen LogP contribution in [0, 0.1) is 0 Å². The molecule has 1 saturated heterocycles. The van der Waals surface area contributed by atoms with Gasteiger partial charge in [-0.3, -0.25) is 4.79 Å². The van der Waals surface area contributed by atoms with Crippen LogP contribution in [0.25, 0.3) is 11.0 Å². The van der Waals surface area contributed by atoms with Gasteiger partial charge in [-0.05, 0) is 24.8 Å². The Kier molecular flexibility index (Phi) is 5.30. The number of aromatic amines is 1. The molecule has 3 heterocycles. The molecule has 1 aliphatic rings. The lowest BCUT2D eigenvalue weighted by molar-refractivity contribution is -0.131. The highest BCUT2D eigenvalue weighted by atomic mass is 16.5. The molecular formula is C17H25N5O2. The second-order valence-electron chi connectivity index (χ2n) is 6.18. The molecule has 2 N–H and O–H groups in total. The number of amides is 1. The molecule has 0 unspecified atom stereocenters. The van der Waals surface area contributed by atoms with Crippen molar-refractivity contribution in [3.05, 3.63) is 18.1 Å². The summed E-state index contributed by atoms with van der Waals surface area (Å²) in [6.45, 7) is 4.15. The molecular weight excluding hydrogens is 306 g/mol. The highest BCUT2D eigenvalue weighted by Crippen LogP contribution is 2.25. The number of piperidine rings is 1. The molecule has 130 valence electrons. The third kappa shape index (κ3) is 3.51. The first-order valence-electron chi connectivity index (χ1n) is 8.57. The Balaban J connectivity index is 1.79. The van der Waals surface area contributed by atoms with Crippen molar-refractivity contribution in [3.8, 4) is 0 Å². The molecule has 1 amide bonds. The zero-order valence-electron chi connectivity index (χ0n) is 14.3. The van der Waals surface area contributed by atoms with Gasteiger partial charge >= 0.3 is 0 Å². The van der Waals surface area contributed by atoms with Crippen LogP contribution in [0.2, 0.25) is 0 Å². The largest absolute Gasteiger partial charge is 0.384 e. The fraction of sp³-hybridized carbons (Fsp3) is 0.588. The lowest BCUT2D eigenvalue weighted by Gasteiger charge is -2.33. The lowest BCUT2D eigenvalue weighted by Crippen LogP contribution is -2.45. The smallest absolute Gasteiger partial charge is 0.222 e. The van der Waals surface area contributed by atoms with E-state index in [1.807, 2.05) is 18.0 Å². The van der Waals surface area contributed by atoms with Crippen LogP contribution < -0.4 is 5.32 Å². The molecule has 7 nitrogen and oxygen atoms in total. The predicted molar refractivity (Wildman–Crippen MR) is 93.0 cm³/mol. The molecule has 2 aromatic heterocycles. The maximum Gasteiger partial charge on any atom is 0.222 e. The number of hydrogen-bond donors (Lipinski definition) is 2. The highest BCUT2D eigenvalue weighted by Gasteiger charge is 2.23. The van der Waals surface area contributed by atoms with Crippen LogP contribution in [-0.4, -0.2) is 58.6 Å². The van der Waals surface area contributed by atoms with E-state index in [9.17, 15) is 4.79 Å². The van der Waals surface area contributed by atoms with Crippen LogP contribution in [0.5, 0.6) is 0 Å². The first-order chi connectivity index (χ1) is 11.7. The number of anilines is 1. The average molecular weight is 331 g/mol. The van der Waals surface area contributed by atoms with E-state index < -0.39 is 0 Å². The molecule has 0 spiro atoms. The number of aromatic nitrogens is 3. The maximum absolute atomic E-state index is 12.0. The Bertz CT molecular complexity index is 699. The van der Waals surface area contributed by atoms with Gasteiger partial charge in [0.05, 0.1) is 12.0 Å². The third-order valence-corrected chi connectivity index (χ3v) is 4.54. The second kappa shape index (κ2) is 7.61. The predicted octanol–water partition coefficient (Wildman–Crippen LogP) is 1.96. The van der Waals surface area contributed by atoms with Gasteiger partial charge < -0.3 is 19.9 Å². The summed E-state index contributed by atoms with van der Waals surface area (Å²) in [4.78, 5) is 25.9. The van der Waals surface area contributed by atoms with E-state index in [1.165, 1.54) is 0 Å². The fourth-order valence-corrected chi connectivity index (χ4v) is 3.28. The number of carbonyl (C=O) groups is 1. The standard InChI is InChI=1S/C17H25N5O2/c1-3-14(23)22-7-4-5-13(10-22)21-17-15-12(6-8-24-2)9-18-16(15)19-11-20-17/h9,11,13H,3-8,10H2,1-2H3,(H2,18,19,20,21)/t13-/m1/s1. The number of likely N-dealkylation sites (tertiary alicyclic amines) is 1. The molecule has 0 saturated carbocycles. The summed E-state index contributed by atoms with van der Waals surface area (Å²) >= 11 is 0. The molecule has 0 bridgehead atoms. The highest BCUT2D eigenvalue weighted by molar-refractivity contribution is 5.90. The van der Waals surface area contributed by atoms with Crippen LogP contribution in [-0.2, 0) is 16.0 Å². The fourth-order valence-electron chi connectivity index (χ4n) is 3.28. The minimum atomic E-state index is 0.219. The molecule has 7 heteroatoms. The second-order valence-corrected chi connectivity index (χ2v) is 6.18. The molecule has 1 fully saturated rings. The van der Waals surface area contributed by atoms with Gasteiger partial charge in [0.1, 0.15) is 17.8 Å². The van der Waals surface area contributed by atoms with Crippen molar-refractivity contribution < 1.29 is 9.53 Å². The molecule has 1 atom stereocenters. The van der Waals surface area contributed by atoms with E-state index in [-0.39, 0.29) is 11.9 Å². The SMILES string of the molecule is CCC(=O)N1CCC[C@@H](Nc2ncnc3[nH]cc(CCOC)c23)C1. The van der Waals surface area contributed by atoms with E-state index >= 15 is 0 Å². The van der Waals surface area contributed by atoms with Crippen molar-refractivity contribution >= 4 is 22.8 Å². The maximum atomic E-state index is 12.0. The summed E-state index contributed by atoms with van der Waals surface area (Å²) in [6, 6.07) is 0.220. The first-order valence-corrected chi connectivity index (χ1v) is 8.57. The van der Waals surface area contributed by atoms with Gasteiger partial charge in [0.15, 0.2) is 0 Å². The third-order valence-electron chi connectivity index (χ3n) is 4.54. The van der Waals surface area contributed by atoms with Crippen LogP contribution in [0.4, 0.5) is 5.82 Å². The number of nitrogens with zero attached hydrogens (tertiary/aromatic N) is 3. The summed E-state index contributed by atoms with van der Waals surface area (Å²) in [7, 11) is 1.70.